The SMILES string of the molecule is CC1OCCC1C(=O)N(c1cccc2cccnc12)C1CCC1. The van der Waals surface area contributed by atoms with Crippen LogP contribution in [0.2, 0.25) is 0 Å². The molecule has 1 aromatic carbocycles. The van der Waals surface area contributed by atoms with Gasteiger partial charge in [-0.25, -0.2) is 0 Å². The second kappa shape index (κ2) is 5.93. The number of anilines is 1. The van der Waals surface area contributed by atoms with Crippen LogP contribution in [0.3, 0.4) is 0 Å². The molecule has 4 nitrogen and oxygen atoms in total. The molecule has 2 heterocycles. The Morgan fingerprint density at radius 3 is 2.74 bits per heavy atom. The van der Waals surface area contributed by atoms with Crippen LogP contribution in [-0.2, 0) is 9.53 Å². The van der Waals surface area contributed by atoms with E-state index in [4.69, 9.17) is 4.74 Å². The predicted molar refractivity (Wildman–Crippen MR) is 90.4 cm³/mol. The molecule has 1 amide bonds. The number of amides is 1. The minimum atomic E-state index is -0.0328. The van der Waals surface area contributed by atoms with Crippen molar-refractivity contribution in [3.05, 3.63) is 36.5 Å². The standard InChI is InChI=1S/C19H22N2O2/c1-13-16(10-12-23-13)19(22)21(15-7-3-8-15)17-9-2-5-14-6-4-11-20-18(14)17/h2,4-6,9,11,13,15-16H,3,7-8,10,12H2,1H3. The van der Waals surface area contributed by atoms with E-state index in [1.807, 2.05) is 30.0 Å². The van der Waals surface area contributed by atoms with E-state index in [1.54, 1.807) is 6.20 Å². The monoisotopic (exact) mass is 310 g/mol. The Balaban J connectivity index is 1.77. The molecule has 120 valence electrons. The van der Waals surface area contributed by atoms with Gasteiger partial charge in [0.1, 0.15) is 0 Å². The Morgan fingerprint density at radius 1 is 1.22 bits per heavy atom. The summed E-state index contributed by atoms with van der Waals surface area (Å²) in [6, 6.07) is 10.4. The highest BCUT2D eigenvalue weighted by molar-refractivity contribution is 6.03. The first-order valence-electron chi connectivity index (χ1n) is 8.54. The number of hydrogen-bond donors (Lipinski definition) is 0. The average Bonchev–Trinajstić information content (AvgIpc) is 2.96. The van der Waals surface area contributed by atoms with Gasteiger partial charge in [-0.2, -0.15) is 0 Å². The number of pyridine rings is 1. The molecule has 2 atom stereocenters. The fourth-order valence-electron chi connectivity index (χ4n) is 3.66. The summed E-state index contributed by atoms with van der Waals surface area (Å²) in [6.07, 6.45) is 5.99. The largest absolute Gasteiger partial charge is 0.378 e. The number of aromatic nitrogens is 1. The Hall–Kier alpha value is -1.94. The summed E-state index contributed by atoms with van der Waals surface area (Å²) in [5.74, 6) is 0.174. The van der Waals surface area contributed by atoms with Crippen molar-refractivity contribution < 1.29 is 9.53 Å². The van der Waals surface area contributed by atoms with Crippen molar-refractivity contribution in [2.24, 2.45) is 5.92 Å². The molecule has 23 heavy (non-hydrogen) atoms. The van der Waals surface area contributed by atoms with Gasteiger partial charge in [0.15, 0.2) is 0 Å². The van der Waals surface area contributed by atoms with Crippen molar-refractivity contribution in [2.45, 2.75) is 44.8 Å². The third kappa shape index (κ3) is 2.51. The number of para-hydroxylation sites is 1. The molecule has 1 aromatic heterocycles. The maximum atomic E-state index is 13.3. The van der Waals surface area contributed by atoms with Crippen molar-refractivity contribution in [3.8, 4) is 0 Å². The molecular weight excluding hydrogens is 288 g/mol. The lowest BCUT2D eigenvalue weighted by Gasteiger charge is -2.39. The zero-order valence-electron chi connectivity index (χ0n) is 13.4. The molecule has 1 aliphatic carbocycles. The van der Waals surface area contributed by atoms with E-state index in [-0.39, 0.29) is 17.9 Å². The van der Waals surface area contributed by atoms with Crippen molar-refractivity contribution in [1.29, 1.82) is 0 Å². The first-order chi connectivity index (χ1) is 11.3. The van der Waals surface area contributed by atoms with Crippen molar-refractivity contribution in [2.75, 3.05) is 11.5 Å². The van der Waals surface area contributed by atoms with Crippen LogP contribution in [0.25, 0.3) is 10.9 Å². The highest BCUT2D eigenvalue weighted by Crippen LogP contribution is 2.36. The number of rotatable bonds is 3. The Labute approximate surface area is 136 Å². The molecule has 1 aliphatic heterocycles. The third-order valence-corrected chi connectivity index (χ3v) is 5.24. The lowest BCUT2D eigenvalue weighted by Crippen LogP contribution is -2.48. The number of nitrogens with zero attached hydrogens (tertiary/aromatic N) is 2. The number of fused-ring (bicyclic) bond motifs is 1. The van der Waals surface area contributed by atoms with Gasteiger partial charge < -0.3 is 9.64 Å². The summed E-state index contributed by atoms with van der Waals surface area (Å²) in [6.45, 7) is 2.69. The number of carbonyl (C=O) groups excluding carboxylic acids is 1. The van der Waals surface area contributed by atoms with Gasteiger partial charge in [-0.3, -0.25) is 9.78 Å². The van der Waals surface area contributed by atoms with Crippen molar-refractivity contribution in [1.82, 2.24) is 4.98 Å². The molecule has 2 fully saturated rings. The maximum Gasteiger partial charge on any atom is 0.233 e. The molecule has 0 N–H and O–H groups in total. The first kappa shape index (κ1) is 14.6. The van der Waals surface area contributed by atoms with E-state index in [9.17, 15) is 4.79 Å². The number of benzene rings is 1. The molecule has 4 rings (SSSR count). The smallest absolute Gasteiger partial charge is 0.233 e. The number of carbonyl (C=O) groups is 1. The van der Waals surface area contributed by atoms with Gasteiger partial charge in [-0.05, 0) is 44.7 Å². The lowest BCUT2D eigenvalue weighted by molar-refractivity contribution is -0.124. The van der Waals surface area contributed by atoms with Crippen LogP contribution >= 0.6 is 0 Å². The third-order valence-electron chi connectivity index (χ3n) is 5.24. The van der Waals surface area contributed by atoms with E-state index in [0.29, 0.717) is 12.6 Å². The van der Waals surface area contributed by atoms with Gasteiger partial charge in [-0.15, -0.1) is 0 Å². The first-order valence-corrected chi connectivity index (χ1v) is 8.54. The van der Waals surface area contributed by atoms with E-state index in [2.05, 4.69) is 17.1 Å². The van der Waals surface area contributed by atoms with Crippen LogP contribution in [0.15, 0.2) is 36.5 Å². The highest BCUT2D eigenvalue weighted by atomic mass is 16.5. The van der Waals surface area contributed by atoms with Crippen LogP contribution < -0.4 is 4.90 Å². The molecule has 2 unspecified atom stereocenters. The van der Waals surface area contributed by atoms with E-state index in [1.165, 1.54) is 6.42 Å². The van der Waals surface area contributed by atoms with E-state index < -0.39 is 0 Å². The molecule has 1 saturated carbocycles. The predicted octanol–water partition coefficient (Wildman–Crippen LogP) is 3.55. The molecule has 2 aromatic rings. The van der Waals surface area contributed by atoms with Crippen molar-refractivity contribution >= 4 is 22.5 Å². The average molecular weight is 310 g/mol. The van der Waals surface area contributed by atoms with Gasteiger partial charge in [-0.1, -0.05) is 18.2 Å². The normalized spacial score (nSPS) is 24.6. The zero-order valence-corrected chi connectivity index (χ0v) is 13.4. The topological polar surface area (TPSA) is 42.4 Å². The van der Waals surface area contributed by atoms with E-state index in [0.717, 1.165) is 35.9 Å². The second-order valence-corrected chi connectivity index (χ2v) is 6.62. The Kier molecular flexibility index (Phi) is 3.77. The molecule has 0 bridgehead atoms. The van der Waals surface area contributed by atoms with Gasteiger partial charge in [0, 0.05) is 24.2 Å². The summed E-state index contributed by atoms with van der Waals surface area (Å²) < 4.78 is 5.63. The van der Waals surface area contributed by atoms with Crippen LogP contribution in [0.5, 0.6) is 0 Å². The fraction of sp³-hybridized carbons (Fsp3) is 0.474. The Morgan fingerprint density at radius 2 is 2.04 bits per heavy atom. The highest BCUT2D eigenvalue weighted by Gasteiger charge is 2.39. The van der Waals surface area contributed by atoms with Gasteiger partial charge in [0.05, 0.1) is 23.2 Å². The van der Waals surface area contributed by atoms with Gasteiger partial charge in [0.2, 0.25) is 5.91 Å². The molecule has 1 saturated heterocycles. The minimum absolute atomic E-state index is 0.00742. The van der Waals surface area contributed by atoms with Crippen LogP contribution in [-0.4, -0.2) is 29.6 Å². The summed E-state index contributed by atoms with van der Waals surface area (Å²) in [4.78, 5) is 19.8. The van der Waals surface area contributed by atoms with Crippen LogP contribution in [0, 0.1) is 5.92 Å². The second-order valence-electron chi connectivity index (χ2n) is 6.62. The molecule has 4 heteroatoms. The quantitative estimate of drug-likeness (QED) is 0.871. The van der Waals surface area contributed by atoms with Gasteiger partial charge >= 0.3 is 0 Å². The summed E-state index contributed by atoms with van der Waals surface area (Å²) in [5.41, 5.74) is 1.87. The summed E-state index contributed by atoms with van der Waals surface area (Å²) >= 11 is 0. The van der Waals surface area contributed by atoms with Crippen LogP contribution in [0.4, 0.5) is 5.69 Å². The minimum Gasteiger partial charge on any atom is -0.378 e. The summed E-state index contributed by atoms with van der Waals surface area (Å²) in [7, 11) is 0. The maximum absolute atomic E-state index is 13.3. The van der Waals surface area contributed by atoms with E-state index >= 15 is 0 Å². The molecule has 0 spiro atoms. The molecular formula is C19H22N2O2. The lowest BCUT2D eigenvalue weighted by atomic mass is 9.88. The fourth-order valence-corrected chi connectivity index (χ4v) is 3.66. The zero-order chi connectivity index (χ0) is 15.8. The number of hydrogen-bond acceptors (Lipinski definition) is 3. The molecule has 0 radical (unpaired) electrons. The number of ether oxygens (including phenoxy) is 1. The molecule has 2 aliphatic rings. The van der Waals surface area contributed by atoms with Crippen molar-refractivity contribution in [3.63, 3.8) is 0 Å². The summed E-state index contributed by atoms with van der Waals surface area (Å²) in [5, 5.41) is 1.08. The van der Waals surface area contributed by atoms with Crippen LogP contribution in [0.1, 0.15) is 32.6 Å². The van der Waals surface area contributed by atoms with Gasteiger partial charge in [0.25, 0.3) is 0 Å². The Bertz CT molecular complexity index is 721.